The molecule has 0 spiro atoms. The second kappa shape index (κ2) is 4.81. The van der Waals surface area contributed by atoms with E-state index in [1.807, 2.05) is 6.07 Å². The van der Waals surface area contributed by atoms with Gasteiger partial charge < -0.3 is 5.32 Å². The molecule has 1 aromatic heterocycles. The smallest absolute Gasteiger partial charge is 0.0989 e. The molecule has 2 rings (SSSR count). The Bertz CT molecular complexity index is 308. The van der Waals surface area contributed by atoms with Gasteiger partial charge in [0.25, 0.3) is 0 Å². The molecule has 0 aliphatic carbocycles. The Labute approximate surface area is 97.8 Å². The maximum absolute atomic E-state index is 6.06. The Morgan fingerprint density at radius 3 is 2.64 bits per heavy atom. The Morgan fingerprint density at radius 1 is 1.36 bits per heavy atom. The fourth-order valence-electron chi connectivity index (χ4n) is 1.59. The molecule has 1 aromatic rings. The normalized spacial score (nSPS) is 18.7. The number of rotatable bonds is 2. The van der Waals surface area contributed by atoms with Gasteiger partial charge in [-0.25, -0.2) is 0 Å². The van der Waals surface area contributed by atoms with Gasteiger partial charge in [0.2, 0.25) is 0 Å². The van der Waals surface area contributed by atoms with Crippen molar-refractivity contribution in [2.45, 2.75) is 6.54 Å². The van der Waals surface area contributed by atoms with Crippen LogP contribution in [0.5, 0.6) is 0 Å². The van der Waals surface area contributed by atoms with Gasteiger partial charge in [-0.2, -0.15) is 0 Å². The van der Waals surface area contributed by atoms with Crippen LogP contribution in [0.1, 0.15) is 5.56 Å². The average molecular weight is 251 g/mol. The van der Waals surface area contributed by atoms with Gasteiger partial charge in [-0.15, -0.1) is 11.3 Å². The lowest BCUT2D eigenvalue weighted by molar-refractivity contribution is 0.233. The van der Waals surface area contributed by atoms with E-state index < -0.39 is 0 Å². The minimum atomic E-state index is 0.778. The molecule has 1 fully saturated rings. The molecule has 1 aliphatic rings. The van der Waals surface area contributed by atoms with Gasteiger partial charge in [-0.05, 0) is 11.6 Å². The number of nitrogens with one attached hydrogen (secondary N) is 1. The molecule has 0 bridgehead atoms. The maximum atomic E-state index is 6.06. The van der Waals surface area contributed by atoms with Crippen LogP contribution in [-0.4, -0.2) is 31.1 Å². The van der Waals surface area contributed by atoms with Crippen molar-refractivity contribution in [3.8, 4) is 0 Å². The van der Waals surface area contributed by atoms with E-state index in [0.717, 1.165) is 47.0 Å². The Kier molecular flexibility index (Phi) is 3.68. The van der Waals surface area contributed by atoms with Crippen molar-refractivity contribution in [1.29, 1.82) is 0 Å². The van der Waals surface area contributed by atoms with Crippen LogP contribution in [0.2, 0.25) is 8.67 Å². The summed E-state index contributed by atoms with van der Waals surface area (Å²) < 4.78 is 1.61. The zero-order chi connectivity index (χ0) is 9.97. The quantitative estimate of drug-likeness (QED) is 0.868. The lowest BCUT2D eigenvalue weighted by Crippen LogP contribution is -2.42. The molecule has 5 heteroatoms. The van der Waals surface area contributed by atoms with Crippen molar-refractivity contribution in [3.05, 3.63) is 20.3 Å². The summed E-state index contributed by atoms with van der Waals surface area (Å²) in [6.07, 6.45) is 0. The highest BCUT2D eigenvalue weighted by atomic mass is 35.5. The summed E-state index contributed by atoms with van der Waals surface area (Å²) in [6.45, 7) is 5.22. The summed E-state index contributed by atoms with van der Waals surface area (Å²) in [5.74, 6) is 0. The van der Waals surface area contributed by atoms with E-state index in [1.165, 1.54) is 11.3 Å². The largest absolute Gasteiger partial charge is 0.314 e. The van der Waals surface area contributed by atoms with Crippen LogP contribution >= 0.6 is 34.5 Å². The van der Waals surface area contributed by atoms with Crippen LogP contribution in [0.15, 0.2) is 6.07 Å². The first-order chi connectivity index (χ1) is 6.75. The van der Waals surface area contributed by atoms with Crippen LogP contribution in [0, 0.1) is 0 Å². The number of piperazine rings is 1. The van der Waals surface area contributed by atoms with Crippen LogP contribution in [0.3, 0.4) is 0 Å². The Hall–Kier alpha value is 0.200. The monoisotopic (exact) mass is 250 g/mol. The molecule has 2 heterocycles. The van der Waals surface area contributed by atoms with Crippen LogP contribution < -0.4 is 5.32 Å². The van der Waals surface area contributed by atoms with Crippen molar-refractivity contribution >= 4 is 34.5 Å². The van der Waals surface area contributed by atoms with E-state index in [2.05, 4.69) is 10.2 Å². The summed E-state index contributed by atoms with van der Waals surface area (Å²) in [6, 6.07) is 1.97. The van der Waals surface area contributed by atoms with Crippen molar-refractivity contribution < 1.29 is 0 Å². The minimum absolute atomic E-state index is 0.778. The number of hydrogen-bond donors (Lipinski definition) is 1. The molecular weight excluding hydrogens is 239 g/mol. The predicted molar refractivity (Wildman–Crippen MR) is 62.5 cm³/mol. The molecular formula is C9H12Cl2N2S. The highest BCUT2D eigenvalue weighted by molar-refractivity contribution is 7.20. The fraction of sp³-hybridized carbons (Fsp3) is 0.556. The van der Waals surface area contributed by atoms with Crippen LogP contribution in [-0.2, 0) is 6.54 Å². The first-order valence-corrected chi connectivity index (χ1v) is 6.20. The second-order valence-electron chi connectivity index (χ2n) is 3.38. The fourth-order valence-corrected chi connectivity index (χ4v) is 3.06. The van der Waals surface area contributed by atoms with Gasteiger partial charge >= 0.3 is 0 Å². The first-order valence-electron chi connectivity index (χ1n) is 4.62. The van der Waals surface area contributed by atoms with Crippen molar-refractivity contribution in [1.82, 2.24) is 10.2 Å². The summed E-state index contributed by atoms with van der Waals surface area (Å²) in [5.41, 5.74) is 1.16. The molecule has 0 radical (unpaired) electrons. The van der Waals surface area contributed by atoms with Crippen molar-refractivity contribution in [2.75, 3.05) is 26.2 Å². The topological polar surface area (TPSA) is 15.3 Å². The molecule has 0 amide bonds. The van der Waals surface area contributed by atoms with Gasteiger partial charge in [-0.3, -0.25) is 4.90 Å². The van der Waals surface area contributed by atoms with E-state index in [4.69, 9.17) is 23.2 Å². The summed E-state index contributed by atoms with van der Waals surface area (Å²) in [4.78, 5) is 2.39. The zero-order valence-electron chi connectivity index (χ0n) is 7.72. The molecule has 1 aliphatic heterocycles. The van der Waals surface area contributed by atoms with Gasteiger partial charge in [0.05, 0.1) is 8.67 Å². The SMILES string of the molecule is Clc1cc(CN2CCNCC2)c(Cl)s1. The molecule has 14 heavy (non-hydrogen) atoms. The second-order valence-corrected chi connectivity index (χ2v) is 5.66. The average Bonchev–Trinajstić information content (AvgIpc) is 2.47. The van der Waals surface area contributed by atoms with Crippen molar-refractivity contribution in [3.63, 3.8) is 0 Å². The third-order valence-electron chi connectivity index (χ3n) is 2.33. The molecule has 2 nitrogen and oxygen atoms in total. The number of thiophene rings is 1. The third-order valence-corrected chi connectivity index (χ3v) is 3.90. The van der Waals surface area contributed by atoms with Gasteiger partial charge in [0.15, 0.2) is 0 Å². The molecule has 0 aromatic carbocycles. The molecule has 0 unspecified atom stereocenters. The van der Waals surface area contributed by atoms with E-state index >= 15 is 0 Å². The molecule has 0 saturated carbocycles. The van der Waals surface area contributed by atoms with Gasteiger partial charge in [0.1, 0.15) is 0 Å². The van der Waals surface area contributed by atoms with E-state index in [1.54, 1.807) is 0 Å². The van der Waals surface area contributed by atoms with Crippen molar-refractivity contribution in [2.24, 2.45) is 0 Å². The summed E-state index contributed by atoms with van der Waals surface area (Å²) in [5, 5.41) is 3.32. The van der Waals surface area contributed by atoms with E-state index in [-0.39, 0.29) is 0 Å². The summed E-state index contributed by atoms with van der Waals surface area (Å²) in [7, 11) is 0. The lowest BCUT2D eigenvalue weighted by atomic mass is 10.3. The maximum Gasteiger partial charge on any atom is 0.0989 e. The third kappa shape index (κ3) is 2.61. The van der Waals surface area contributed by atoms with E-state index in [0.29, 0.717) is 0 Å². The predicted octanol–water partition coefficient (Wildman–Crippen LogP) is 2.46. The van der Waals surface area contributed by atoms with Crippen LogP contribution in [0.25, 0.3) is 0 Å². The molecule has 1 N–H and O–H groups in total. The molecule has 0 atom stereocenters. The standard InChI is InChI=1S/C9H12Cl2N2S/c10-8-5-7(9(11)14-8)6-13-3-1-12-2-4-13/h5,12H,1-4,6H2. The molecule has 78 valence electrons. The lowest BCUT2D eigenvalue weighted by Gasteiger charge is -2.26. The van der Waals surface area contributed by atoms with Crippen LogP contribution in [0.4, 0.5) is 0 Å². The van der Waals surface area contributed by atoms with Gasteiger partial charge in [-0.1, -0.05) is 23.2 Å². The Balaban J connectivity index is 1.98. The highest BCUT2D eigenvalue weighted by Crippen LogP contribution is 2.31. The van der Waals surface area contributed by atoms with E-state index in [9.17, 15) is 0 Å². The number of halogens is 2. The first kappa shape index (κ1) is 10.7. The summed E-state index contributed by atoms with van der Waals surface area (Å²) >= 11 is 13.4. The minimum Gasteiger partial charge on any atom is -0.314 e. The zero-order valence-corrected chi connectivity index (χ0v) is 10.1. The highest BCUT2D eigenvalue weighted by Gasteiger charge is 2.13. The number of hydrogen-bond acceptors (Lipinski definition) is 3. The Morgan fingerprint density at radius 2 is 2.07 bits per heavy atom. The molecule has 1 saturated heterocycles. The van der Waals surface area contributed by atoms with Gasteiger partial charge in [0, 0.05) is 32.7 Å². The number of nitrogens with zero attached hydrogens (tertiary/aromatic N) is 1.